The van der Waals surface area contributed by atoms with Crippen molar-refractivity contribution < 1.29 is 22.7 Å². The van der Waals surface area contributed by atoms with E-state index in [0.29, 0.717) is 12.3 Å². The van der Waals surface area contributed by atoms with Crippen LogP contribution in [0.4, 0.5) is 13.2 Å². The van der Waals surface area contributed by atoms with Gasteiger partial charge in [-0.05, 0) is 45.2 Å². The second kappa shape index (κ2) is 10.2. The number of piperidine rings is 1. The Morgan fingerprint density at radius 3 is 2.57 bits per heavy atom. The van der Waals surface area contributed by atoms with Crippen LogP contribution in [-0.4, -0.2) is 44.4 Å². The zero-order valence-corrected chi connectivity index (χ0v) is 13.0. The molecule has 0 aromatic carbocycles. The lowest BCUT2D eigenvalue weighted by Crippen LogP contribution is -2.37. The summed E-state index contributed by atoms with van der Waals surface area (Å²) in [5, 5.41) is 5.92. The smallest absolute Gasteiger partial charge is 0.370 e. The second-order valence-electron chi connectivity index (χ2n) is 5.33. The number of alkyl halides is 3. The van der Waals surface area contributed by atoms with E-state index in [1.807, 2.05) is 0 Å². The molecular formula is C13H24ClF3N2O2. The standard InChI is InChI=1S/C13H23F3N2O2.ClH/c1-10(8-20-9-13(14,15)16)18-12(19)3-2-11-4-6-17-7-5-11;/h10-11,17H,2-9H2,1H3,(H,18,19);1H. The molecular weight excluding hydrogens is 309 g/mol. The highest BCUT2D eigenvalue weighted by Gasteiger charge is 2.27. The summed E-state index contributed by atoms with van der Waals surface area (Å²) >= 11 is 0. The Balaban J connectivity index is 0.00000400. The van der Waals surface area contributed by atoms with Crippen molar-refractivity contribution in [3.05, 3.63) is 0 Å². The quantitative estimate of drug-likeness (QED) is 0.752. The molecule has 1 rings (SSSR count). The predicted molar refractivity (Wildman–Crippen MR) is 76.6 cm³/mol. The van der Waals surface area contributed by atoms with Gasteiger partial charge >= 0.3 is 6.18 Å². The fourth-order valence-electron chi connectivity index (χ4n) is 2.25. The summed E-state index contributed by atoms with van der Waals surface area (Å²) in [6.07, 6.45) is -0.897. The lowest BCUT2D eigenvalue weighted by atomic mass is 9.93. The SMILES string of the molecule is CC(COCC(F)(F)F)NC(=O)CCC1CCNCC1.Cl. The van der Waals surface area contributed by atoms with Crippen molar-refractivity contribution in [3.8, 4) is 0 Å². The number of ether oxygens (including phenoxy) is 1. The van der Waals surface area contributed by atoms with Crippen LogP contribution in [0.3, 0.4) is 0 Å². The molecule has 4 nitrogen and oxygen atoms in total. The summed E-state index contributed by atoms with van der Waals surface area (Å²) in [7, 11) is 0. The first kappa shape index (κ1) is 20.5. The molecule has 0 aliphatic carbocycles. The van der Waals surface area contributed by atoms with E-state index in [1.165, 1.54) is 0 Å². The summed E-state index contributed by atoms with van der Waals surface area (Å²) in [5.74, 6) is 0.449. The lowest BCUT2D eigenvalue weighted by molar-refractivity contribution is -0.175. The van der Waals surface area contributed by atoms with Crippen molar-refractivity contribution in [1.29, 1.82) is 0 Å². The molecule has 1 atom stereocenters. The monoisotopic (exact) mass is 332 g/mol. The van der Waals surface area contributed by atoms with E-state index in [2.05, 4.69) is 15.4 Å². The Kier molecular flexibility index (Phi) is 9.98. The molecule has 1 aliphatic heterocycles. The highest BCUT2D eigenvalue weighted by molar-refractivity contribution is 5.85. The number of halogens is 4. The van der Waals surface area contributed by atoms with E-state index in [4.69, 9.17) is 0 Å². The number of carbonyl (C=O) groups is 1. The van der Waals surface area contributed by atoms with Crippen molar-refractivity contribution in [1.82, 2.24) is 10.6 Å². The maximum absolute atomic E-state index is 11.9. The van der Waals surface area contributed by atoms with Crippen LogP contribution in [0.25, 0.3) is 0 Å². The molecule has 8 heteroatoms. The van der Waals surface area contributed by atoms with E-state index >= 15 is 0 Å². The average molecular weight is 333 g/mol. The average Bonchev–Trinajstić information content (AvgIpc) is 2.36. The van der Waals surface area contributed by atoms with E-state index < -0.39 is 18.8 Å². The van der Waals surface area contributed by atoms with Crippen LogP contribution in [-0.2, 0) is 9.53 Å². The highest BCUT2D eigenvalue weighted by atomic mass is 35.5. The molecule has 1 fully saturated rings. The van der Waals surface area contributed by atoms with Crippen LogP contribution in [0.2, 0.25) is 0 Å². The molecule has 0 spiro atoms. The Morgan fingerprint density at radius 1 is 1.38 bits per heavy atom. The van der Waals surface area contributed by atoms with Gasteiger partial charge in [-0.25, -0.2) is 0 Å². The van der Waals surface area contributed by atoms with Crippen molar-refractivity contribution in [2.45, 2.75) is 44.8 Å². The number of rotatable bonds is 7. The topological polar surface area (TPSA) is 50.4 Å². The van der Waals surface area contributed by atoms with Gasteiger partial charge in [-0.15, -0.1) is 12.4 Å². The Labute approximate surface area is 129 Å². The van der Waals surface area contributed by atoms with Gasteiger partial charge in [-0.2, -0.15) is 13.2 Å². The van der Waals surface area contributed by atoms with Crippen LogP contribution < -0.4 is 10.6 Å². The molecule has 0 radical (unpaired) electrons. The maximum Gasteiger partial charge on any atom is 0.411 e. The predicted octanol–water partition coefficient (Wildman–Crippen LogP) is 2.27. The van der Waals surface area contributed by atoms with Gasteiger partial charge in [0.05, 0.1) is 6.61 Å². The lowest BCUT2D eigenvalue weighted by Gasteiger charge is -2.22. The third-order valence-corrected chi connectivity index (χ3v) is 3.28. The molecule has 0 saturated carbocycles. The van der Waals surface area contributed by atoms with Crippen LogP contribution in [0.15, 0.2) is 0 Å². The largest absolute Gasteiger partial charge is 0.411 e. The molecule has 1 heterocycles. The molecule has 2 N–H and O–H groups in total. The summed E-state index contributed by atoms with van der Waals surface area (Å²) in [6, 6.07) is -0.405. The van der Waals surface area contributed by atoms with Crippen molar-refractivity contribution >= 4 is 18.3 Å². The Bertz CT molecular complexity index is 298. The number of hydrogen-bond acceptors (Lipinski definition) is 3. The first-order valence-electron chi connectivity index (χ1n) is 7.01. The van der Waals surface area contributed by atoms with Crippen LogP contribution in [0, 0.1) is 5.92 Å². The minimum Gasteiger partial charge on any atom is -0.370 e. The number of hydrogen-bond donors (Lipinski definition) is 2. The first-order chi connectivity index (χ1) is 9.37. The highest BCUT2D eigenvalue weighted by Crippen LogP contribution is 2.17. The minimum absolute atomic E-state index is 0. The van der Waals surface area contributed by atoms with Gasteiger partial charge in [0.2, 0.25) is 5.91 Å². The molecule has 0 aromatic heterocycles. The fraction of sp³-hybridized carbons (Fsp3) is 0.923. The van der Waals surface area contributed by atoms with Gasteiger partial charge in [-0.1, -0.05) is 0 Å². The molecule has 1 unspecified atom stereocenters. The summed E-state index contributed by atoms with van der Waals surface area (Å²) in [4.78, 5) is 11.7. The molecule has 1 saturated heterocycles. The molecule has 0 bridgehead atoms. The maximum atomic E-state index is 11.9. The van der Waals surface area contributed by atoms with Gasteiger partial charge < -0.3 is 15.4 Å². The normalized spacial score (nSPS) is 17.9. The minimum atomic E-state index is -4.32. The third kappa shape index (κ3) is 10.8. The third-order valence-electron chi connectivity index (χ3n) is 3.28. The number of carbonyl (C=O) groups excluding carboxylic acids is 1. The molecule has 0 aromatic rings. The zero-order chi connectivity index (χ0) is 15.0. The van der Waals surface area contributed by atoms with Gasteiger partial charge in [0.25, 0.3) is 0 Å². The Morgan fingerprint density at radius 2 is 2.00 bits per heavy atom. The van der Waals surface area contributed by atoms with Gasteiger partial charge in [0, 0.05) is 12.5 Å². The van der Waals surface area contributed by atoms with Gasteiger partial charge in [-0.3, -0.25) is 4.79 Å². The zero-order valence-electron chi connectivity index (χ0n) is 12.2. The van der Waals surface area contributed by atoms with Crippen LogP contribution in [0.1, 0.15) is 32.6 Å². The number of amides is 1. The van der Waals surface area contributed by atoms with Crippen molar-refractivity contribution in [3.63, 3.8) is 0 Å². The summed E-state index contributed by atoms with van der Waals surface area (Å²) in [6.45, 7) is 2.22. The van der Waals surface area contributed by atoms with Crippen LogP contribution in [0.5, 0.6) is 0 Å². The Hall–Kier alpha value is -0.530. The summed E-state index contributed by atoms with van der Waals surface area (Å²) in [5.41, 5.74) is 0. The van der Waals surface area contributed by atoms with E-state index in [0.717, 1.165) is 32.4 Å². The molecule has 21 heavy (non-hydrogen) atoms. The molecule has 1 amide bonds. The fourth-order valence-corrected chi connectivity index (χ4v) is 2.25. The molecule has 1 aliphatic rings. The molecule has 126 valence electrons. The first-order valence-corrected chi connectivity index (χ1v) is 7.01. The van der Waals surface area contributed by atoms with E-state index in [9.17, 15) is 18.0 Å². The number of nitrogens with one attached hydrogen (secondary N) is 2. The van der Waals surface area contributed by atoms with Crippen molar-refractivity contribution in [2.24, 2.45) is 5.92 Å². The van der Waals surface area contributed by atoms with E-state index in [1.54, 1.807) is 6.92 Å². The van der Waals surface area contributed by atoms with Crippen molar-refractivity contribution in [2.75, 3.05) is 26.3 Å². The van der Waals surface area contributed by atoms with E-state index in [-0.39, 0.29) is 24.9 Å². The second-order valence-corrected chi connectivity index (χ2v) is 5.33. The van der Waals surface area contributed by atoms with Gasteiger partial charge in [0.1, 0.15) is 6.61 Å². The summed E-state index contributed by atoms with van der Waals surface area (Å²) < 4.78 is 40.1. The van der Waals surface area contributed by atoms with Crippen LogP contribution >= 0.6 is 12.4 Å². The van der Waals surface area contributed by atoms with Gasteiger partial charge in [0.15, 0.2) is 0 Å².